The highest BCUT2D eigenvalue weighted by molar-refractivity contribution is 5.96. The van der Waals surface area contributed by atoms with Gasteiger partial charge in [0.1, 0.15) is 11.5 Å². The first-order valence-electron chi connectivity index (χ1n) is 8.44. The van der Waals surface area contributed by atoms with Crippen LogP contribution in [0.15, 0.2) is 45.9 Å². The molecule has 0 unspecified atom stereocenters. The van der Waals surface area contributed by atoms with Crippen LogP contribution < -0.4 is 5.43 Å². The fraction of sp³-hybridized carbons (Fsp3) is 0.250. The fourth-order valence-corrected chi connectivity index (χ4v) is 2.88. The lowest BCUT2D eigenvalue weighted by Gasteiger charge is -2.04. The number of aromatic nitrogens is 2. The van der Waals surface area contributed by atoms with Gasteiger partial charge in [0.2, 0.25) is 0 Å². The number of nitrogens with zero attached hydrogens (tertiary/aromatic N) is 3. The molecule has 2 heterocycles. The average molecular weight is 350 g/mol. The molecule has 0 radical (unpaired) electrons. The number of amides is 1. The quantitative estimate of drug-likeness (QED) is 0.565. The standard InChI is InChI=1S/C20H22N4O2/c1-13-10-18(16(4)26-13)20(25)22-21-11-19-14(2)23-24(15(19)3)12-17-8-6-5-7-9-17/h5-11H,12H2,1-4H3,(H,22,25)/b21-11+. The summed E-state index contributed by atoms with van der Waals surface area (Å²) >= 11 is 0. The highest BCUT2D eigenvalue weighted by Crippen LogP contribution is 2.14. The highest BCUT2D eigenvalue weighted by atomic mass is 16.3. The van der Waals surface area contributed by atoms with Gasteiger partial charge in [-0.25, -0.2) is 5.43 Å². The van der Waals surface area contributed by atoms with Crippen LogP contribution in [0.1, 0.15) is 44.4 Å². The molecule has 0 atom stereocenters. The van der Waals surface area contributed by atoms with Crippen LogP contribution in [0, 0.1) is 27.7 Å². The van der Waals surface area contributed by atoms with E-state index in [1.807, 2.05) is 36.7 Å². The van der Waals surface area contributed by atoms with Crippen molar-refractivity contribution >= 4 is 12.1 Å². The molecule has 3 aromatic rings. The monoisotopic (exact) mass is 350 g/mol. The number of hydrogen-bond donors (Lipinski definition) is 1. The number of benzene rings is 1. The van der Waals surface area contributed by atoms with Crippen LogP contribution in [0.5, 0.6) is 0 Å². The second kappa shape index (κ2) is 7.39. The van der Waals surface area contributed by atoms with Crippen molar-refractivity contribution < 1.29 is 9.21 Å². The molecule has 0 saturated heterocycles. The van der Waals surface area contributed by atoms with Gasteiger partial charge in [0.15, 0.2) is 0 Å². The maximum Gasteiger partial charge on any atom is 0.274 e. The second-order valence-electron chi connectivity index (χ2n) is 6.25. The molecule has 6 nitrogen and oxygen atoms in total. The van der Waals surface area contributed by atoms with E-state index in [4.69, 9.17) is 4.42 Å². The molecule has 26 heavy (non-hydrogen) atoms. The normalized spacial score (nSPS) is 11.2. The molecule has 1 aromatic carbocycles. The first kappa shape index (κ1) is 17.7. The molecular weight excluding hydrogens is 328 g/mol. The van der Waals surface area contributed by atoms with Gasteiger partial charge in [-0.1, -0.05) is 30.3 Å². The van der Waals surface area contributed by atoms with Crippen molar-refractivity contribution in [1.82, 2.24) is 15.2 Å². The topological polar surface area (TPSA) is 72.4 Å². The summed E-state index contributed by atoms with van der Waals surface area (Å²) < 4.78 is 7.31. The van der Waals surface area contributed by atoms with E-state index in [1.165, 1.54) is 5.56 Å². The van der Waals surface area contributed by atoms with Crippen molar-refractivity contribution in [3.63, 3.8) is 0 Å². The number of aryl methyl sites for hydroxylation is 3. The third-order valence-corrected chi connectivity index (χ3v) is 4.26. The lowest BCUT2D eigenvalue weighted by atomic mass is 10.2. The van der Waals surface area contributed by atoms with E-state index < -0.39 is 0 Å². The second-order valence-corrected chi connectivity index (χ2v) is 6.25. The summed E-state index contributed by atoms with van der Waals surface area (Å²) in [6.45, 7) is 8.19. The number of furan rings is 1. The zero-order chi connectivity index (χ0) is 18.7. The summed E-state index contributed by atoms with van der Waals surface area (Å²) in [6.07, 6.45) is 1.64. The van der Waals surface area contributed by atoms with Crippen LogP contribution in [-0.4, -0.2) is 21.9 Å². The van der Waals surface area contributed by atoms with Gasteiger partial charge in [0.05, 0.1) is 24.0 Å². The Labute approximate surface area is 152 Å². The molecule has 0 saturated carbocycles. The van der Waals surface area contributed by atoms with E-state index in [-0.39, 0.29) is 5.91 Å². The van der Waals surface area contributed by atoms with Crippen LogP contribution in [0.25, 0.3) is 0 Å². The van der Waals surface area contributed by atoms with Gasteiger partial charge in [-0.05, 0) is 39.3 Å². The Morgan fingerprint density at radius 2 is 1.96 bits per heavy atom. The Bertz CT molecular complexity index is 952. The van der Waals surface area contributed by atoms with Crippen LogP contribution in [0.2, 0.25) is 0 Å². The summed E-state index contributed by atoms with van der Waals surface area (Å²) in [6, 6.07) is 11.9. The van der Waals surface area contributed by atoms with Gasteiger partial charge < -0.3 is 4.42 Å². The molecule has 0 aliphatic carbocycles. The molecule has 3 rings (SSSR count). The van der Waals surface area contributed by atoms with Gasteiger partial charge in [-0.2, -0.15) is 10.2 Å². The molecule has 1 amide bonds. The predicted octanol–water partition coefficient (Wildman–Crippen LogP) is 3.52. The zero-order valence-corrected chi connectivity index (χ0v) is 15.4. The third-order valence-electron chi connectivity index (χ3n) is 4.26. The number of hydrazone groups is 1. The molecule has 2 aromatic heterocycles. The SMILES string of the molecule is Cc1cc(C(=O)N/N=C/c2c(C)nn(Cc3ccccc3)c2C)c(C)o1. The first-order valence-corrected chi connectivity index (χ1v) is 8.44. The van der Waals surface area contributed by atoms with Gasteiger partial charge in [-0.3, -0.25) is 9.48 Å². The largest absolute Gasteiger partial charge is 0.466 e. The minimum atomic E-state index is -0.289. The van der Waals surface area contributed by atoms with Crippen molar-refractivity contribution in [3.8, 4) is 0 Å². The summed E-state index contributed by atoms with van der Waals surface area (Å²) in [4.78, 5) is 12.2. The van der Waals surface area contributed by atoms with E-state index in [0.29, 0.717) is 23.6 Å². The number of rotatable bonds is 5. The average Bonchev–Trinajstić information content (AvgIpc) is 3.08. The lowest BCUT2D eigenvalue weighted by molar-refractivity contribution is 0.0953. The third kappa shape index (κ3) is 3.74. The van der Waals surface area contributed by atoms with E-state index in [9.17, 15) is 4.79 Å². The number of carbonyl (C=O) groups excluding carboxylic acids is 1. The Hall–Kier alpha value is -3.15. The molecule has 6 heteroatoms. The van der Waals surface area contributed by atoms with Crippen molar-refractivity contribution in [2.75, 3.05) is 0 Å². The maximum absolute atomic E-state index is 12.2. The van der Waals surface area contributed by atoms with Crippen molar-refractivity contribution in [2.45, 2.75) is 34.2 Å². The molecule has 0 aliphatic rings. The summed E-state index contributed by atoms with van der Waals surface area (Å²) in [5, 5.41) is 8.67. The van der Waals surface area contributed by atoms with Crippen LogP contribution in [0.4, 0.5) is 0 Å². The molecule has 0 aliphatic heterocycles. The first-order chi connectivity index (χ1) is 12.5. The Kier molecular flexibility index (Phi) is 5.02. The predicted molar refractivity (Wildman–Crippen MR) is 100 cm³/mol. The Morgan fingerprint density at radius 3 is 2.62 bits per heavy atom. The van der Waals surface area contributed by atoms with E-state index in [0.717, 1.165) is 17.0 Å². The molecule has 1 N–H and O–H groups in total. The minimum Gasteiger partial charge on any atom is -0.466 e. The van der Waals surface area contributed by atoms with E-state index in [2.05, 4.69) is 27.8 Å². The molecule has 134 valence electrons. The van der Waals surface area contributed by atoms with Crippen molar-refractivity contribution in [3.05, 3.63) is 76.0 Å². The van der Waals surface area contributed by atoms with Gasteiger partial charge in [-0.15, -0.1) is 0 Å². The van der Waals surface area contributed by atoms with Crippen LogP contribution >= 0.6 is 0 Å². The number of carbonyl (C=O) groups is 1. The Morgan fingerprint density at radius 1 is 1.23 bits per heavy atom. The summed E-state index contributed by atoms with van der Waals surface area (Å²) in [7, 11) is 0. The van der Waals surface area contributed by atoms with Crippen LogP contribution in [-0.2, 0) is 6.54 Å². The fourth-order valence-electron chi connectivity index (χ4n) is 2.88. The lowest BCUT2D eigenvalue weighted by Crippen LogP contribution is -2.17. The zero-order valence-electron chi connectivity index (χ0n) is 15.4. The molecule has 0 bridgehead atoms. The maximum atomic E-state index is 12.2. The van der Waals surface area contributed by atoms with E-state index in [1.54, 1.807) is 26.1 Å². The molecular formula is C20H22N4O2. The van der Waals surface area contributed by atoms with Gasteiger partial charge in [0.25, 0.3) is 5.91 Å². The Balaban J connectivity index is 1.72. The van der Waals surface area contributed by atoms with Crippen LogP contribution in [0.3, 0.4) is 0 Å². The summed E-state index contributed by atoms with van der Waals surface area (Å²) in [5.74, 6) is 0.992. The molecule has 0 spiro atoms. The molecule has 0 fully saturated rings. The minimum absolute atomic E-state index is 0.289. The number of hydrogen-bond acceptors (Lipinski definition) is 4. The van der Waals surface area contributed by atoms with Gasteiger partial charge >= 0.3 is 0 Å². The van der Waals surface area contributed by atoms with Crippen molar-refractivity contribution in [2.24, 2.45) is 5.10 Å². The number of nitrogens with one attached hydrogen (secondary N) is 1. The van der Waals surface area contributed by atoms with Crippen molar-refractivity contribution in [1.29, 1.82) is 0 Å². The summed E-state index contributed by atoms with van der Waals surface area (Å²) in [5.41, 5.74) is 6.99. The van der Waals surface area contributed by atoms with E-state index >= 15 is 0 Å². The smallest absolute Gasteiger partial charge is 0.274 e. The highest BCUT2D eigenvalue weighted by Gasteiger charge is 2.13. The van der Waals surface area contributed by atoms with Gasteiger partial charge in [0, 0.05) is 11.3 Å².